The van der Waals surface area contributed by atoms with Gasteiger partial charge in [0.15, 0.2) is 0 Å². The monoisotopic (exact) mass is 248 g/mol. The summed E-state index contributed by atoms with van der Waals surface area (Å²) in [6, 6.07) is 11.4. The molecule has 1 rings (SSSR count). The first-order valence-corrected chi connectivity index (χ1v) is 6.93. The van der Waals surface area contributed by atoms with Crippen molar-refractivity contribution in [3.05, 3.63) is 35.9 Å². The average Bonchev–Trinajstić information content (AvgIpc) is 2.29. The molecule has 0 heterocycles. The lowest BCUT2D eigenvalue weighted by Crippen LogP contribution is -2.38. The zero-order chi connectivity index (χ0) is 13.5. The number of hydrogen-bond donors (Lipinski definition) is 1. The first-order chi connectivity index (χ1) is 8.50. The minimum Gasteiger partial charge on any atom is -0.312 e. The van der Waals surface area contributed by atoms with E-state index in [1.54, 1.807) is 0 Å². The maximum atomic E-state index is 3.65. The molecule has 0 radical (unpaired) electrons. The molecular weight excluding hydrogens is 220 g/mol. The molecule has 18 heavy (non-hydrogen) atoms. The molecule has 0 aliphatic carbocycles. The highest BCUT2D eigenvalue weighted by atomic mass is 15.1. The Labute approximate surface area is 112 Å². The molecule has 0 saturated carbocycles. The largest absolute Gasteiger partial charge is 0.312 e. The Morgan fingerprint density at radius 1 is 1.06 bits per heavy atom. The number of nitrogens with zero attached hydrogens (tertiary/aromatic N) is 1. The molecule has 0 aliphatic heterocycles. The van der Waals surface area contributed by atoms with Crippen LogP contribution in [0.15, 0.2) is 30.3 Å². The molecule has 2 atom stereocenters. The Hall–Kier alpha value is -0.860. The van der Waals surface area contributed by atoms with Crippen LogP contribution in [0.4, 0.5) is 0 Å². The van der Waals surface area contributed by atoms with E-state index in [9.17, 15) is 0 Å². The lowest BCUT2D eigenvalue weighted by molar-refractivity contribution is 0.336. The van der Waals surface area contributed by atoms with Gasteiger partial charge in [-0.25, -0.2) is 0 Å². The predicted molar refractivity (Wildman–Crippen MR) is 80.0 cm³/mol. The summed E-state index contributed by atoms with van der Waals surface area (Å²) in [5, 5.41) is 3.65. The van der Waals surface area contributed by atoms with Gasteiger partial charge in [-0.05, 0) is 38.4 Å². The van der Waals surface area contributed by atoms with Gasteiger partial charge in [-0.15, -0.1) is 0 Å². The van der Waals surface area contributed by atoms with Crippen LogP contribution in [0.3, 0.4) is 0 Å². The summed E-state index contributed by atoms with van der Waals surface area (Å²) < 4.78 is 0. The van der Waals surface area contributed by atoms with E-state index in [4.69, 9.17) is 0 Å². The number of rotatable bonds is 7. The van der Waals surface area contributed by atoms with Crippen molar-refractivity contribution < 1.29 is 0 Å². The van der Waals surface area contributed by atoms with Crippen LogP contribution >= 0.6 is 0 Å². The molecule has 0 bridgehead atoms. The topological polar surface area (TPSA) is 15.3 Å². The summed E-state index contributed by atoms with van der Waals surface area (Å²) in [4.78, 5) is 2.23. The summed E-state index contributed by atoms with van der Waals surface area (Å²) >= 11 is 0. The fourth-order valence-electron chi connectivity index (χ4n) is 2.38. The van der Waals surface area contributed by atoms with Gasteiger partial charge in [-0.3, -0.25) is 0 Å². The van der Waals surface area contributed by atoms with E-state index in [2.05, 4.69) is 75.4 Å². The van der Waals surface area contributed by atoms with E-state index < -0.39 is 0 Å². The van der Waals surface area contributed by atoms with Gasteiger partial charge < -0.3 is 10.2 Å². The van der Waals surface area contributed by atoms with Gasteiger partial charge in [0.05, 0.1) is 0 Å². The first kappa shape index (κ1) is 15.2. The minimum atomic E-state index is 0.532. The maximum absolute atomic E-state index is 3.65. The lowest BCUT2D eigenvalue weighted by Gasteiger charge is -2.25. The van der Waals surface area contributed by atoms with E-state index in [0.29, 0.717) is 17.9 Å². The van der Waals surface area contributed by atoms with Crippen molar-refractivity contribution in [1.29, 1.82) is 0 Å². The minimum absolute atomic E-state index is 0.532. The Kier molecular flexibility index (Phi) is 6.37. The fraction of sp³-hybridized carbons (Fsp3) is 0.625. The summed E-state index contributed by atoms with van der Waals surface area (Å²) in [6.07, 6.45) is 0. The third kappa shape index (κ3) is 5.19. The van der Waals surface area contributed by atoms with Crippen LogP contribution in [0.25, 0.3) is 0 Å². The summed E-state index contributed by atoms with van der Waals surface area (Å²) in [6.45, 7) is 8.99. The quantitative estimate of drug-likeness (QED) is 0.798. The van der Waals surface area contributed by atoms with Crippen molar-refractivity contribution in [2.24, 2.45) is 5.92 Å². The molecule has 0 saturated heterocycles. The second kappa shape index (κ2) is 7.55. The second-order valence-corrected chi connectivity index (χ2v) is 5.83. The third-order valence-electron chi connectivity index (χ3n) is 3.36. The predicted octanol–water partition coefficient (Wildman–Crippen LogP) is 2.97. The summed E-state index contributed by atoms with van der Waals surface area (Å²) in [7, 11) is 4.24. The molecule has 2 unspecified atom stereocenters. The highest BCUT2D eigenvalue weighted by molar-refractivity contribution is 5.20. The Morgan fingerprint density at radius 2 is 1.67 bits per heavy atom. The molecule has 0 fully saturated rings. The van der Waals surface area contributed by atoms with Crippen LogP contribution in [-0.4, -0.2) is 38.1 Å². The zero-order valence-electron chi connectivity index (χ0n) is 12.5. The summed E-state index contributed by atoms with van der Waals surface area (Å²) in [5.74, 6) is 1.25. The average molecular weight is 248 g/mol. The normalized spacial score (nSPS) is 15.1. The molecule has 0 spiro atoms. The van der Waals surface area contributed by atoms with E-state index in [-0.39, 0.29) is 0 Å². The number of nitrogens with one attached hydrogen (secondary N) is 1. The third-order valence-corrected chi connectivity index (χ3v) is 3.36. The highest BCUT2D eigenvalue weighted by Crippen LogP contribution is 2.23. The fourth-order valence-corrected chi connectivity index (χ4v) is 2.38. The van der Waals surface area contributed by atoms with Crippen molar-refractivity contribution in [2.75, 3.05) is 27.2 Å². The van der Waals surface area contributed by atoms with Crippen molar-refractivity contribution >= 4 is 0 Å². The zero-order valence-corrected chi connectivity index (χ0v) is 12.5. The molecule has 1 aromatic rings. The smallest absolute Gasteiger partial charge is 0.0166 e. The molecule has 1 N–H and O–H groups in total. The molecule has 2 nitrogen and oxygen atoms in total. The highest BCUT2D eigenvalue weighted by Gasteiger charge is 2.16. The maximum Gasteiger partial charge on any atom is 0.0166 e. The van der Waals surface area contributed by atoms with E-state index in [1.165, 1.54) is 5.56 Å². The van der Waals surface area contributed by atoms with Gasteiger partial charge in [0, 0.05) is 19.1 Å². The Balaban J connectivity index is 2.55. The molecule has 0 amide bonds. The van der Waals surface area contributed by atoms with Crippen molar-refractivity contribution in [1.82, 2.24) is 10.2 Å². The van der Waals surface area contributed by atoms with Gasteiger partial charge in [0.2, 0.25) is 0 Å². The first-order valence-electron chi connectivity index (χ1n) is 6.93. The van der Waals surface area contributed by atoms with Crippen LogP contribution in [0.2, 0.25) is 0 Å². The van der Waals surface area contributed by atoms with E-state index in [1.807, 2.05) is 0 Å². The van der Waals surface area contributed by atoms with Crippen LogP contribution in [0.5, 0.6) is 0 Å². The van der Waals surface area contributed by atoms with Crippen molar-refractivity contribution in [2.45, 2.75) is 32.7 Å². The van der Waals surface area contributed by atoms with Crippen molar-refractivity contribution in [3.8, 4) is 0 Å². The van der Waals surface area contributed by atoms with Crippen LogP contribution in [-0.2, 0) is 0 Å². The van der Waals surface area contributed by atoms with Crippen LogP contribution in [0, 0.1) is 5.92 Å². The second-order valence-electron chi connectivity index (χ2n) is 5.83. The van der Waals surface area contributed by atoms with Crippen LogP contribution in [0.1, 0.15) is 32.3 Å². The van der Waals surface area contributed by atoms with Crippen molar-refractivity contribution in [3.63, 3.8) is 0 Å². The SMILES string of the molecule is CC(CN(C)C)NCC(c1ccccc1)C(C)C. The molecule has 0 aromatic heterocycles. The standard InChI is InChI=1S/C16H28N2/c1-13(2)16(15-9-7-6-8-10-15)11-17-14(3)12-18(4)5/h6-10,13-14,16-17H,11-12H2,1-5H3. The number of benzene rings is 1. The van der Waals surface area contributed by atoms with E-state index in [0.717, 1.165) is 13.1 Å². The Morgan fingerprint density at radius 3 is 2.17 bits per heavy atom. The van der Waals surface area contributed by atoms with Gasteiger partial charge in [-0.2, -0.15) is 0 Å². The lowest BCUT2D eigenvalue weighted by atomic mass is 9.88. The van der Waals surface area contributed by atoms with E-state index >= 15 is 0 Å². The molecular formula is C16H28N2. The van der Waals surface area contributed by atoms with Crippen LogP contribution < -0.4 is 5.32 Å². The Bertz CT molecular complexity index is 319. The van der Waals surface area contributed by atoms with Gasteiger partial charge in [-0.1, -0.05) is 44.2 Å². The number of hydrogen-bond acceptors (Lipinski definition) is 2. The molecule has 0 aliphatic rings. The summed E-state index contributed by atoms with van der Waals surface area (Å²) in [5.41, 5.74) is 1.44. The van der Waals surface area contributed by atoms with Gasteiger partial charge in [0.25, 0.3) is 0 Å². The number of likely N-dealkylation sites (N-methyl/N-ethyl adjacent to an activating group) is 1. The molecule has 102 valence electrons. The molecule has 1 aromatic carbocycles. The van der Waals surface area contributed by atoms with Gasteiger partial charge in [0.1, 0.15) is 0 Å². The molecule has 2 heteroatoms. The van der Waals surface area contributed by atoms with Gasteiger partial charge >= 0.3 is 0 Å².